The van der Waals surface area contributed by atoms with Crippen LogP contribution >= 0.6 is 24.0 Å². The first-order valence-corrected chi connectivity index (χ1v) is 9.10. The Bertz CT molecular complexity index is 505. The van der Waals surface area contributed by atoms with Crippen LogP contribution in [0.15, 0.2) is 29.3 Å². The fourth-order valence-electron chi connectivity index (χ4n) is 2.79. The van der Waals surface area contributed by atoms with E-state index in [1.807, 2.05) is 6.92 Å². The van der Waals surface area contributed by atoms with Gasteiger partial charge in [0.15, 0.2) is 5.96 Å². The minimum atomic E-state index is 0. The molecule has 25 heavy (non-hydrogen) atoms. The van der Waals surface area contributed by atoms with Crippen molar-refractivity contribution in [3.05, 3.63) is 35.4 Å². The van der Waals surface area contributed by atoms with Gasteiger partial charge < -0.3 is 19.7 Å². The standard InChI is InChI=1S/C19H31N3O2.HI/c1-3-20-19(22-10-5-6-11-22)21-15-17-8-7-9-18(14-17)16-24-13-12-23-4-2;/h7-9,14H,3-6,10-13,15-16H2,1-2H3,(H,20,21);1H. The molecule has 0 radical (unpaired) electrons. The summed E-state index contributed by atoms with van der Waals surface area (Å²) < 4.78 is 10.9. The second kappa shape index (κ2) is 13.4. The van der Waals surface area contributed by atoms with E-state index < -0.39 is 0 Å². The predicted molar refractivity (Wildman–Crippen MR) is 114 cm³/mol. The molecule has 1 aliphatic rings. The van der Waals surface area contributed by atoms with Gasteiger partial charge in [-0.3, -0.25) is 0 Å². The van der Waals surface area contributed by atoms with Crippen LogP contribution in [0, 0.1) is 0 Å². The molecule has 1 heterocycles. The minimum absolute atomic E-state index is 0. The molecular weight excluding hydrogens is 429 g/mol. The molecule has 1 N–H and O–H groups in total. The fraction of sp³-hybridized carbons (Fsp3) is 0.632. The molecule has 2 rings (SSSR count). The van der Waals surface area contributed by atoms with E-state index in [9.17, 15) is 0 Å². The van der Waals surface area contributed by atoms with Gasteiger partial charge in [0.25, 0.3) is 0 Å². The lowest BCUT2D eigenvalue weighted by atomic mass is 10.1. The first-order chi connectivity index (χ1) is 11.8. The number of aliphatic imine (C=N–C) groups is 1. The number of ether oxygens (including phenoxy) is 2. The average Bonchev–Trinajstić information content (AvgIpc) is 3.13. The number of hydrogen-bond acceptors (Lipinski definition) is 3. The lowest BCUT2D eigenvalue weighted by molar-refractivity contribution is 0.0453. The van der Waals surface area contributed by atoms with E-state index in [1.54, 1.807) is 0 Å². The Labute approximate surface area is 169 Å². The summed E-state index contributed by atoms with van der Waals surface area (Å²) in [5, 5.41) is 3.40. The van der Waals surface area contributed by atoms with Crippen molar-refractivity contribution in [2.45, 2.75) is 39.8 Å². The molecule has 0 bridgehead atoms. The number of likely N-dealkylation sites (tertiary alicyclic amines) is 1. The topological polar surface area (TPSA) is 46.1 Å². The molecule has 0 amide bonds. The first-order valence-electron chi connectivity index (χ1n) is 9.10. The zero-order valence-corrected chi connectivity index (χ0v) is 17.8. The highest BCUT2D eigenvalue weighted by Gasteiger charge is 2.15. The van der Waals surface area contributed by atoms with E-state index in [2.05, 4.69) is 41.4 Å². The summed E-state index contributed by atoms with van der Waals surface area (Å²) in [6, 6.07) is 8.48. The Morgan fingerprint density at radius 3 is 2.56 bits per heavy atom. The Morgan fingerprint density at radius 1 is 1.12 bits per heavy atom. The number of hydrogen-bond donors (Lipinski definition) is 1. The van der Waals surface area contributed by atoms with Gasteiger partial charge in [-0.1, -0.05) is 24.3 Å². The van der Waals surface area contributed by atoms with Crippen molar-refractivity contribution in [3.63, 3.8) is 0 Å². The Hall–Kier alpha value is -0.860. The van der Waals surface area contributed by atoms with Gasteiger partial charge >= 0.3 is 0 Å². The molecule has 0 spiro atoms. The van der Waals surface area contributed by atoms with Crippen LogP contribution in [-0.2, 0) is 22.6 Å². The van der Waals surface area contributed by atoms with Crippen LogP contribution in [0.1, 0.15) is 37.8 Å². The number of rotatable bonds is 9. The van der Waals surface area contributed by atoms with E-state index in [0.29, 0.717) is 26.4 Å². The van der Waals surface area contributed by atoms with Crippen LogP contribution in [0.5, 0.6) is 0 Å². The Kier molecular flexibility index (Phi) is 11.9. The molecular formula is C19H32IN3O2. The van der Waals surface area contributed by atoms with Crippen LogP contribution in [0.2, 0.25) is 0 Å². The van der Waals surface area contributed by atoms with Crippen LogP contribution in [-0.4, -0.2) is 50.3 Å². The van der Waals surface area contributed by atoms with Crippen molar-refractivity contribution < 1.29 is 9.47 Å². The zero-order valence-electron chi connectivity index (χ0n) is 15.5. The maximum Gasteiger partial charge on any atom is 0.194 e. The van der Waals surface area contributed by atoms with Gasteiger partial charge in [-0.15, -0.1) is 24.0 Å². The molecule has 1 saturated heterocycles. The van der Waals surface area contributed by atoms with Gasteiger partial charge in [0.05, 0.1) is 26.4 Å². The highest BCUT2D eigenvalue weighted by molar-refractivity contribution is 14.0. The zero-order chi connectivity index (χ0) is 17.0. The van der Waals surface area contributed by atoms with Crippen molar-refractivity contribution in [1.29, 1.82) is 0 Å². The SMILES string of the molecule is CCNC(=NCc1cccc(COCCOCC)c1)N1CCCC1.I. The lowest BCUT2D eigenvalue weighted by Gasteiger charge is -2.20. The maximum atomic E-state index is 5.64. The molecule has 1 fully saturated rings. The third-order valence-electron chi connectivity index (χ3n) is 3.99. The molecule has 5 nitrogen and oxygen atoms in total. The Balaban J connectivity index is 0.00000312. The van der Waals surface area contributed by atoms with Gasteiger partial charge in [-0.05, 0) is 37.8 Å². The molecule has 0 saturated carbocycles. The summed E-state index contributed by atoms with van der Waals surface area (Å²) in [5.41, 5.74) is 2.40. The van der Waals surface area contributed by atoms with Crippen LogP contribution in [0.4, 0.5) is 0 Å². The molecule has 6 heteroatoms. The van der Waals surface area contributed by atoms with Crippen LogP contribution in [0.3, 0.4) is 0 Å². The largest absolute Gasteiger partial charge is 0.379 e. The summed E-state index contributed by atoms with van der Waals surface area (Å²) in [6.45, 7) is 10.6. The van der Waals surface area contributed by atoms with Crippen molar-refractivity contribution in [1.82, 2.24) is 10.2 Å². The number of nitrogens with one attached hydrogen (secondary N) is 1. The van der Waals surface area contributed by atoms with E-state index >= 15 is 0 Å². The van der Waals surface area contributed by atoms with Crippen molar-refractivity contribution >= 4 is 29.9 Å². The highest BCUT2D eigenvalue weighted by atomic mass is 127. The van der Waals surface area contributed by atoms with E-state index in [1.165, 1.54) is 24.0 Å². The molecule has 142 valence electrons. The maximum absolute atomic E-state index is 5.64. The summed E-state index contributed by atoms with van der Waals surface area (Å²) >= 11 is 0. The smallest absolute Gasteiger partial charge is 0.194 e. The fourth-order valence-corrected chi connectivity index (χ4v) is 2.79. The molecule has 0 aromatic heterocycles. The highest BCUT2D eigenvalue weighted by Crippen LogP contribution is 2.11. The number of nitrogens with zero attached hydrogens (tertiary/aromatic N) is 2. The second-order valence-corrected chi connectivity index (χ2v) is 5.93. The van der Waals surface area contributed by atoms with E-state index in [-0.39, 0.29) is 24.0 Å². The molecule has 1 aromatic carbocycles. The predicted octanol–water partition coefficient (Wildman–Crippen LogP) is 3.42. The second-order valence-electron chi connectivity index (χ2n) is 5.93. The van der Waals surface area contributed by atoms with Crippen molar-refractivity contribution in [3.8, 4) is 0 Å². The number of halogens is 1. The first kappa shape index (κ1) is 22.2. The van der Waals surface area contributed by atoms with E-state index in [4.69, 9.17) is 14.5 Å². The summed E-state index contributed by atoms with van der Waals surface area (Å²) in [7, 11) is 0. The van der Waals surface area contributed by atoms with Crippen molar-refractivity contribution in [2.24, 2.45) is 4.99 Å². The van der Waals surface area contributed by atoms with Crippen LogP contribution in [0.25, 0.3) is 0 Å². The summed E-state index contributed by atoms with van der Waals surface area (Å²) in [5.74, 6) is 1.04. The van der Waals surface area contributed by atoms with Gasteiger partial charge in [0, 0.05) is 26.2 Å². The Morgan fingerprint density at radius 2 is 1.84 bits per heavy atom. The quantitative estimate of drug-likeness (QED) is 0.265. The molecule has 1 aliphatic heterocycles. The van der Waals surface area contributed by atoms with Gasteiger partial charge in [0.1, 0.15) is 0 Å². The molecule has 1 aromatic rings. The van der Waals surface area contributed by atoms with Crippen molar-refractivity contribution in [2.75, 3.05) is 39.5 Å². The third-order valence-corrected chi connectivity index (χ3v) is 3.99. The molecule has 0 unspecified atom stereocenters. The summed E-state index contributed by atoms with van der Waals surface area (Å²) in [4.78, 5) is 7.15. The normalized spacial score (nSPS) is 14.5. The van der Waals surface area contributed by atoms with Gasteiger partial charge in [-0.2, -0.15) is 0 Å². The third kappa shape index (κ3) is 8.37. The van der Waals surface area contributed by atoms with Gasteiger partial charge in [-0.25, -0.2) is 4.99 Å². The van der Waals surface area contributed by atoms with E-state index in [0.717, 1.165) is 32.2 Å². The minimum Gasteiger partial charge on any atom is -0.379 e. The van der Waals surface area contributed by atoms with Crippen LogP contribution < -0.4 is 5.32 Å². The molecule has 0 aliphatic carbocycles. The monoisotopic (exact) mass is 461 g/mol. The average molecular weight is 461 g/mol. The lowest BCUT2D eigenvalue weighted by Crippen LogP contribution is -2.39. The number of benzene rings is 1. The van der Waals surface area contributed by atoms with Gasteiger partial charge in [0.2, 0.25) is 0 Å². The molecule has 0 atom stereocenters. The summed E-state index contributed by atoms with van der Waals surface area (Å²) in [6.07, 6.45) is 2.53. The number of guanidine groups is 1.